The molecule has 0 radical (unpaired) electrons. The van der Waals surface area contributed by atoms with Crippen molar-refractivity contribution in [1.29, 1.82) is 0 Å². The van der Waals surface area contributed by atoms with Gasteiger partial charge in [0, 0.05) is 17.4 Å². The van der Waals surface area contributed by atoms with E-state index in [0.717, 1.165) is 23.4 Å². The first-order chi connectivity index (χ1) is 12.9. The molecule has 0 aliphatic carbocycles. The molecule has 138 valence electrons. The fourth-order valence-corrected chi connectivity index (χ4v) is 3.31. The van der Waals surface area contributed by atoms with E-state index in [1.165, 1.54) is 17.3 Å². The summed E-state index contributed by atoms with van der Waals surface area (Å²) in [6.45, 7) is 6.18. The van der Waals surface area contributed by atoms with Gasteiger partial charge in [-0.25, -0.2) is 4.98 Å². The first kappa shape index (κ1) is 19.1. The van der Waals surface area contributed by atoms with E-state index in [1.807, 2.05) is 49.4 Å². The van der Waals surface area contributed by atoms with Crippen molar-refractivity contribution in [1.82, 2.24) is 9.97 Å². The third-order valence-corrected chi connectivity index (χ3v) is 4.70. The number of hydrogen-bond donors (Lipinski definition) is 1. The summed E-state index contributed by atoms with van der Waals surface area (Å²) in [5.74, 6) is 0.107. The van der Waals surface area contributed by atoms with Crippen molar-refractivity contribution in [2.75, 3.05) is 5.32 Å². The molecule has 1 heterocycles. The lowest BCUT2D eigenvalue weighted by atomic mass is 9.92. The van der Waals surface area contributed by atoms with Crippen molar-refractivity contribution in [2.24, 2.45) is 0 Å². The SMILES string of the molecule is Cc1cccc(C(=O)Nc2ccc(C)c([C@H](C)Cc3cncc(Cl)n3)c2)c1. The Hall–Kier alpha value is -2.72. The highest BCUT2D eigenvalue weighted by Crippen LogP contribution is 2.26. The molecule has 0 aliphatic rings. The second-order valence-electron chi connectivity index (χ2n) is 6.83. The van der Waals surface area contributed by atoms with Crippen LogP contribution >= 0.6 is 11.6 Å². The number of halogens is 1. The smallest absolute Gasteiger partial charge is 0.255 e. The normalized spacial score (nSPS) is 11.9. The number of hydrogen-bond acceptors (Lipinski definition) is 3. The van der Waals surface area contributed by atoms with Crippen LogP contribution in [0.25, 0.3) is 0 Å². The number of nitrogens with one attached hydrogen (secondary N) is 1. The monoisotopic (exact) mass is 379 g/mol. The molecule has 1 aromatic heterocycles. The lowest BCUT2D eigenvalue weighted by Gasteiger charge is -2.16. The van der Waals surface area contributed by atoms with Gasteiger partial charge in [-0.3, -0.25) is 9.78 Å². The summed E-state index contributed by atoms with van der Waals surface area (Å²) >= 11 is 5.94. The van der Waals surface area contributed by atoms with Crippen LogP contribution in [0.2, 0.25) is 5.15 Å². The van der Waals surface area contributed by atoms with Crippen LogP contribution in [-0.2, 0) is 6.42 Å². The molecule has 1 atom stereocenters. The van der Waals surface area contributed by atoms with Crippen LogP contribution in [0.1, 0.15) is 45.6 Å². The van der Waals surface area contributed by atoms with Crippen molar-refractivity contribution >= 4 is 23.2 Å². The summed E-state index contributed by atoms with van der Waals surface area (Å²) in [4.78, 5) is 20.9. The van der Waals surface area contributed by atoms with E-state index < -0.39 is 0 Å². The van der Waals surface area contributed by atoms with Crippen LogP contribution < -0.4 is 5.32 Å². The highest BCUT2D eigenvalue weighted by molar-refractivity contribution is 6.29. The molecule has 3 rings (SSSR count). The van der Waals surface area contributed by atoms with Gasteiger partial charge in [0.1, 0.15) is 5.15 Å². The molecule has 0 unspecified atom stereocenters. The largest absolute Gasteiger partial charge is 0.322 e. The van der Waals surface area contributed by atoms with Gasteiger partial charge in [-0.15, -0.1) is 0 Å². The van der Waals surface area contributed by atoms with E-state index >= 15 is 0 Å². The van der Waals surface area contributed by atoms with Crippen LogP contribution in [0.4, 0.5) is 5.69 Å². The molecule has 2 aromatic carbocycles. The third kappa shape index (κ3) is 4.92. The predicted molar refractivity (Wildman–Crippen MR) is 109 cm³/mol. The van der Waals surface area contributed by atoms with Crippen LogP contribution in [0.5, 0.6) is 0 Å². The summed E-state index contributed by atoms with van der Waals surface area (Å²) < 4.78 is 0. The Labute approximate surface area is 164 Å². The molecule has 0 saturated heterocycles. The molecule has 3 aromatic rings. The van der Waals surface area contributed by atoms with Crippen LogP contribution in [0.3, 0.4) is 0 Å². The van der Waals surface area contributed by atoms with Gasteiger partial charge in [0.05, 0.1) is 11.9 Å². The Kier molecular flexibility index (Phi) is 5.87. The van der Waals surface area contributed by atoms with E-state index in [2.05, 4.69) is 29.1 Å². The average molecular weight is 380 g/mol. The number of amides is 1. The fourth-order valence-electron chi connectivity index (χ4n) is 3.14. The predicted octanol–water partition coefficient (Wildman–Crippen LogP) is 5.35. The summed E-state index contributed by atoms with van der Waals surface area (Å²) in [7, 11) is 0. The van der Waals surface area contributed by atoms with E-state index in [0.29, 0.717) is 10.7 Å². The van der Waals surface area contributed by atoms with E-state index in [9.17, 15) is 4.79 Å². The standard InChI is InChI=1S/C22H22ClN3O/c1-14-5-4-6-17(9-14)22(27)26-18-8-7-15(2)20(11-18)16(3)10-19-12-24-13-21(23)25-19/h4-9,11-13,16H,10H2,1-3H3,(H,26,27)/t16-/m1/s1. The lowest BCUT2D eigenvalue weighted by molar-refractivity contribution is 0.102. The van der Waals surface area contributed by atoms with Crippen molar-refractivity contribution < 1.29 is 4.79 Å². The van der Waals surface area contributed by atoms with E-state index in [4.69, 9.17) is 11.6 Å². The van der Waals surface area contributed by atoms with Crippen molar-refractivity contribution in [3.8, 4) is 0 Å². The topological polar surface area (TPSA) is 54.9 Å². The van der Waals surface area contributed by atoms with Gasteiger partial charge in [-0.2, -0.15) is 0 Å². The first-order valence-corrected chi connectivity index (χ1v) is 9.25. The average Bonchev–Trinajstić information content (AvgIpc) is 2.63. The zero-order valence-electron chi connectivity index (χ0n) is 15.7. The number of benzene rings is 2. The van der Waals surface area contributed by atoms with Crippen molar-refractivity contribution in [3.05, 3.63) is 88.0 Å². The number of rotatable bonds is 5. The van der Waals surface area contributed by atoms with Gasteiger partial charge in [0.15, 0.2) is 0 Å². The maximum atomic E-state index is 12.5. The summed E-state index contributed by atoms with van der Waals surface area (Å²) in [5.41, 5.74) is 5.68. The number of aromatic nitrogens is 2. The molecule has 1 amide bonds. The number of carbonyl (C=O) groups is 1. The minimum atomic E-state index is -0.109. The molecule has 5 heteroatoms. The van der Waals surface area contributed by atoms with Crippen molar-refractivity contribution in [3.63, 3.8) is 0 Å². The summed E-state index contributed by atoms with van der Waals surface area (Å²) in [6, 6.07) is 13.5. The Balaban J connectivity index is 1.78. The summed E-state index contributed by atoms with van der Waals surface area (Å²) in [5, 5.41) is 3.39. The highest BCUT2D eigenvalue weighted by atomic mass is 35.5. The second kappa shape index (κ2) is 8.31. The molecular weight excluding hydrogens is 358 g/mol. The van der Waals surface area contributed by atoms with Crippen LogP contribution in [-0.4, -0.2) is 15.9 Å². The maximum absolute atomic E-state index is 12.5. The second-order valence-corrected chi connectivity index (χ2v) is 7.22. The number of aryl methyl sites for hydroxylation is 2. The zero-order valence-corrected chi connectivity index (χ0v) is 16.4. The lowest BCUT2D eigenvalue weighted by Crippen LogP contribution is -2.13. The van der Waals surface area contributed by atoms with Crippen LogP contribution in [0, 0.1) is 13.8 Å². The third-order valence-electron chi connectivity index (χ3n) is 4.52. The van der Waals surface area contributed by atoms with E-state index in [-0.39, 0.29) is 11.8 Å². The van der Waals surface area contributed by atoms with Gasteiger partial charge >= 0.3 is 0 Å². The minimum absolute atomic E-state index is 0.109. The quantitative estimate of drug-likeness (QED) is 0.650. The fraction of sp³-hybridized carbons (Fsp3) is 0.227. The van der Waals surface area contributed by atoms with Crippen LogP contribution in [0.15, 0.2) is 54.9 Å². The molecule has 1 N–H and O–H groups in total. The number of nitrogens with zero attached hydrogens (tertiary/aromatic N) is 2. The number of carbonyl (C=O) groups excluding carboxylic acids is 1. The Morgan fingerprint density at radius 2 is 1.96 bits per heavy atom. The molecule has 27 heavy (non-hydrogen) atoms. The van der Waals surface area contributed by atoms with Crippen molar-refractivity contribution in [2.45, 2.75) is 33.1 Å². The Bertz CT molecular complexity index is 971. The molecule has 0 spiro atoms. The summed E-state index contributed by atoms with van der Waals surface area (Å²) in [6.07, 6.45) is 3.99. The number of anilines is 1. The Morgan fingerprint density at radius 1 is 1.15 bits per heavy atom. The molecule has 4 nitrogen and oxygen atoms in total. The molecule has 0 aliphatic heterocycles. The van der Waals surface area contributed by atoms with Gasteiger partial charge in [0.25, 0.3) is 5.91 Å². The van der Waals surface area contributed by atoms with Gasteiger partial charge in [-0.05, 0) is 61.6 Å². The minimum Gasteiger partial charge on any atom is -0.322 e. The van der Waals surface area contributed by atoms with Gasteiger partial charge in [0.2, 0.25) is 0 Å². The van der Waals surface area contributed by atoms with Gasteiger partial charge < -0.3 is 5.32 Å². The molecular formula is C22H22ClN3O. The maximum Gasteiger partial charge on any atom is 0.255 e. The van der Waals surface area contributed by atoms with Gasteiger partial charge in [-0.1, -0.05) is 42.3 Å². The molecule has 0 bridgehead atoms. The van der Waals surface area contributed by atoms with E-state index in [1.54, 1.807) is 6.20 Å². The zero-order chi connectivity index (χ0) is 19.4. The Morgan fingerprint density at radius 3 is 2.70 bits per heavy atom. The first-order valence-electron chi connectivity index (χ1n) is 8.87. The molecule has 0 fully saturated rings. The molecule has 0 saturated carbocycles. The highest BCUT2D eigenvalue weighted by Gasteiger charge is 2.13.